The van der Waals surface area contributed by atoms with Gasteiger partial charge in [-0.1, -0.05) is 27.2 Å². The van der Waals surface area contributed by atoms with Gasteiger partial charge in [0.1, 0.15) is 11.0 Å². The number of carbonyl (C=O) groups is 2. The lowest BCUT2D eigenvalue weighted by Crippen LogP contribution is -2.36. The van der Waals surface area contributed by atoms with Crippen LogP contribution in [0.4, 0.5) is 5.88 Å². The van der Waals surface area contributed by atoms with Crippen molar-refractivity contribution in [3.8, 4) is 0 Å². The van der Waals surface area contributed by atoms with Crippen LogP contribution in [-0.2, 0) is 14.3 Å². The third-order valence-corrected chi connectivity index (χ3v) is 4.54. The largest absolute Gasteiger partial charge is 0.460 e. The summed E-state index contributed by atoms with van der Waals surface area (Å²) in [5.74, 6) is -1.28. The Bertz CT molecular complexity index is 637. The fourth-order valence-electron chi connectivity index (χ4n) is 3.18. The number of esters is 2. The zero-order chi connectivity index (χ0) is 18.6. The first-order valence-corrected chi connectivity index (χ1v) is 8.38. The summed E-state index contributed by atoms with van der Waals surface area (Å²) in [6.45, 7) is 5.78. The number of hydrogen-bond acceptors (Lipinski definition) is 7. The van der Waals surface area contributed by atoms with E-state index in [9.17, 15) is 19.7 Å². The van der Waals surface area contributed by atoms with E-state index < -0.39 is 29.4 Å². The monoisotopic (exact) mass is 353 g/mol. The summed E-state index contributed by atoms with van der Waals surface area (Å²) in [6.07, 6.45) is 2.74. The molecule has 1 aliphatic rings. The average Bonchev–Trinajstić information content (AvgIpc) is 3.02. The third kappa shape index (κ3) is 5.04. The van der Waals surface area contributed by atoms with Gasteiger partial charge in [-0.2, -0.15) is 0 Å². The van der Waals surface area contributed by atoms with Crippen LogP contribution in [0.15, 0.2) is 16.5 Å². The molecule has 1 fully saturated rings. The van der Waals surface area contributed by atoms with Crippen molar-refractivity contribution in [3.63, 3.8) is 0 Å². The van der Waals surface area contributed by atoms with Gasteiger partial charge >= 0.3 is 17.8 Å². The van der Waals surface area contributed by atoms with E-state index in [0.29, 0.717) is 17.8 Å². The van der Waals surface area contributed by atoms with Crippen molar-refractivity contribution >= 4 is 17.8 Å². The van der Waals surface area contributed by atoms with E-state index in [2.05, 4.69) is 20.8 Å². The summed E-state index contributed by atoms with van der Waals surface area (Å²) >= 11 is 0. The highest BCUT2D eigenvalue weighted by Gasteiger charge is 2.33. The number of hydrogen-bond donors (Lipinski definition) is 0. The number of furan rings is 1. The summed E-state index contributed by atoms with van der Waals surface area (Å²) in [5.41, 5.74) is 0. The molecule has 0 aromatic carbocycles. The number of rotatable bonds is 6. The first kappa shape index (κ1) is 19.0. The van der Waals surface area contributed by atoms with Crippen LogP contribution >= 0.6 is 0 Å². The molecular formula is C17H23NO7. The number of ether oxygens (including phenoxy) is 2. The van der Waals surface area contributed by atoms with Crippen LogP contribution in [-0.4, -0.2) is 29.6 Å². The highest BCUT2D eigenvalue weighted by Crippen LogP contribution is 2.35. The Hall–Kier alpha value is -2.38. The van der Waals surface area contributed by atoms with Gasteiger partial charge < -0.3 is 13.9 Å². The molecule has 1 aromatic rings. The second kappa shape index (κ2) is 8.13. The molecule has 3 atom stereocenters. The highest BCUT2D eigenvalue weighted by molar-refractivity contribution is 5.88. The highest BCUT2D eigenvalue weighted by atomic mass is 16.7. The molecule has 1 aliphatic carbocycles. The minimum Gasteiger partial charge on any atom is -0.460 e. The minimum atomic E-state index is -0.942. The smallest absolute Gasteiger partial charge is 0.433 e. The normalized spacial score (nSPS) is 23.3. The summed E-state index contributed by atoms with van der Waals surface area (Å²) in [7, 11) is 0. The van der Waals surface area contributed by atoms with E-state index in [1.807, 2.05) is 0 Å². The zero-order valence-electron chi connectivity index (χ0n) is 14.6. The molecule has 1 saturated carbocycles. The average molecular weight is 353 g/mol. The first-order valence-electron chi connectivity index (χ1n) is 8.38. The molecule has 0 N–H and O–H groups in total. The minimum absolute atomic E-state index is 0.181. The van der Waals surface area contributed by atoms with E-state index >= 15 is 0 Å². The van der Waals surface area contributed by atoms with Gasteiger partial charge in [0.25, 0.3) is 0 Å². The zero-order valence-corrected chi connectivity index (χ0v) is 14.6. The predicted octanol–water partition coefficient (Wildman–Crippen LogP) is 3.35. The van der Waals surface area contributed by atoms with Gasteiger partial charge in [-0.15, -0.1) is 0 Å². The summed E-state index contributed by atoms with van der Waals surface area (Å²) in [4.78, 5) is 33.5. The SMILES string of the molecule is CC(C)[C@@H]1CC[C@@H](C)C[C@H]1OC(=O)COC(=O)c1ccc([N+](=O)[O-])o1. The van der Waals surface area contributed by atoms with Crippen LogP contribution in [0.1, 0.15) is 50.6 Å². The second-order valence-corrected chi connectivity index (χ2v) is 6.83. The molecular weight excluding hydrogens is 330 g/mol. The predicted molar refractivity (Wildman–Crippen MR) is 86.9 cm³/mol. The topological polar surface area (TPSA) is 109 Å². The van der Waals surface area contributed by atoms with Crippen molar-refractivity contribution < 1.29 is 28.4 Å². The van der Waals surface area contributed by atoms with E-state index in [4.69, 9.17) is 13.9 Å². The maximum Gasteiger partial charge on any atom is 0.433 e. The van der Waals surface area contributed by atoms with Gasteiger partial charge in [0.2, 0.25) is 5.76 Å². The standard InChI is InChI=1S/C17H23NO7/c1-10(2)12-5-4-11(3)8-14(12)25-16(19)9-23-17(20)13-6-7-15(24-13)18(21)22/h6-7,10-12,14H,4-5,8-9H2,1-3H3/t11-,12+,14-/m1/s1. The Labute approximate surface area is 145 Å². The van der Waals surface area contributed by atoms with Crippen LogP contribution in [0, 0.1) is 27.9 Å². The van der Waals surface area contributed by atoms with Crippen LogP contribution < -0.4 is 0 Å². The summed E-state index contributed by atoms with van der Waals surface area (Å²) in [6, 6.07) is 2.18. The van der Waals surface area contributed by atoms with Gasteiger partial charge in [0, 0.05) is 0 Å². The maximum atomic E-state index is 12.0. The van der Waals surface area contributed by atoms with Crippen molar-refractivity contribution in [2.75, 3.05) is 6.61 Å². The molecule has 8 heteroatoms. The van der Waals surface area contributed by atoms with E-state index in [-0.39, 0.29) is 11.9 Å². The fraction of sp³-hybridized carbons (Fsp3) is 0.647. The second-order valence-electron chi connectivity index (χ2n) is 6.83. The van der Waals surface area contributed by atoms with Gasteiger partial charge in [0.15, 0.2) is 6.61 Å². The van der Waals surface area contributed by atoms with Gasteiger partial charge in [-0.05, 0) is 36.7 Å². The van der Waals surface area contributed by atoms with Crippen LogP contribution in [0.5, 0.6) is 0 Å². The van der Waals surface area contributed by atoms with Crippen LogP contribution in [0.3, 0.4) is 0 Å². The molecule has 0 bridgehead atoms. The fourth-order valence-corrected chi connectivity index (χ4v) is 3.18. The third-order valence-electron chi connectivity index (χ3n) is 4.54. The Morgan fingerprint density at radius 1 is 1.36 bits per heavy atom. The molecule has 0 spiro atoms. The first-order chi connectivity index (χ1) is 11.8. The van der Waals surface area contributed by atoms with E-state index in [1.54, 1.807) is 0 Å². The van der Waals surface area contributed by atoms with Crippen LogP contribution in [0.25, 0.3) is 0 Å². The molecule has 138 valence electrons. The lowest BCUT2D eigenvalue weighted by Gasteiger charge is -2.36. The van der Waals surface area contributed by atoms with Gasteiger partial charge in [-0.25, -0.2) is 9.59 Å². The molecule has 2 rings (SSSR count). The van der Waals surface area contributed by atoms with Gasteiger partial charge in [0.05, 0.1) is 6.07 Å². The quantitative estimate of drug-likeness (QED) is 0.438. The lowest BCUT2D eigenvalue weighted by molar-refractivity contribution is -0.402. The molecule has 0 saturated heterocycles. The van der Waals surface area contributed by atoms with E-state index in [0.717, 1.165) is 31.4 Å². The Morgan fingerprint density at radius 3 is 2.68 bits per heavy atom. The molecule has 0 aliphatic heterocycles. The van der Waals surface area contributed by atoms with Crippen molar-refractivity contribution in [1.29, 1.82) is 0 Å². The summed E-state index contributed by atoms with van der Waals surface area (Å²) in [5, 5.41) is 10.5. The van der Waals surface area contributed by atoms with E-state index in [1.165, 1.54) is 0 Å². The number of carbonyl (C=O) groups excluding carboxylic acids is 2. The van der Waals surface area contributed by atoms with Crippen molar-refractivity contribution in [2.24, 2.45) is 17.8 Å². The number of nitro groups is 1. The number of nitrogens with zero attached hydrogens (tertiary/aromatic N) is 1. The Morgan fingerprint density at radius 2 is 2.08 bits per heavy atom. The molecule has 0 radical (unpaired) electrons. The Kier molecular flexibility index (Phi) is 6.17. The van der Waals surface area contributed by atoms with Crippen molar-refractivity contribution in [3.05, 3.63) is 28.0 Å². The van der Waals surface area contributed by atoms with Gasteiger partial charge in [-0.3, -0.25) is 10.1 Å². The summed E-state index contributed by atoms with van der Waals surface area (Å²) < 4.78 is 15.1. The maximum absolute atomic E-state index is 12.0. The van der Waals surface area contributed by atoms with Crippen LogP contribution in [0.2, 0.25) is 0 Å². The Balaban J connectivity index is 1.86. The molecule has 0 unspecified atom stereocenters. The van der Waals surface area contributed by atoms with Crippen molar-refractivity contribution in [1.82, 2.24) is 0 Å². The molecule has 1 heterocycles. The molecule has 8 nitrogen and oxygen atoms in total. The molecule has 25 heavy (non-hydrogen) atoms. The van der Waals surface area contributed by atoms with Crippen molar-refractivity contribution in [2.45, 2.75) is 46.1 Å². The molecule has 1 aromatic heterocycles. The molecule has 0 amide bonds. The lowest BCUT2D eigenvalue weighted by atomic mass is 9.75.